The van der Waals surface area contributed by atoms with E-state index in [0.29, 0.717) is 13.2 Å². The molecule has 0 rings (SSSR count). The van der Waals surface area contributed by atoms with Gasteiger partial charge >= 0.3 is 5.97 Å². The van der Waals surface area contributed by atoms with Crippen molar-refractivity contribution in [2.24, 2.45) is 0 Å². The van der Waals surface area contributed by atoms with E-state index >= 15 is 0 Å². The highest BCUT2D eigenvalue weighted by Crippen LogP contribution is 1.78. The van der Waals surface area contributed by atoms with E-state index in [-0.39, 0.29) is 32.4 Å². The molecule has 0 spiro atoms. The summed E-state index contributed by atoms with van der Waals surface area (Å²) in [5.41, 5.74) is 0. The normalized spacial score (nSPS) is 8.86. The van der Waals surface area contributed by atoms with Gasteiger partial charge in [0.2, 0.25) is 0 Å². The van der Waals surface area contributed by atoms with Gasteiger partial charge in [-0.1, -0.05) is 0 Å². The van der Waals surface area contributed by atoms with E-state index in [9.17, 15) is 4.79 Å². The Hall–Kier alpha value is -0.690. The molecular formula is C8H18O6. The number of ether oxygens (including phenoxy) is 2. The molecule has 0 aromatic heterocycles. The van der Waals surface area contributed by atoms with Crippen molar-refractivity contribution in [2.75, 3.05) is 39.6 Å². The van der Waals surface area contributed by atoms with Crippen LogP contribution in [-0.4, -0.2) is 60.9 Å². The lowest BCUT2D eigenvalue weighted by atomic mass is 10.7. The Kier molecular flexibility index (Phi) is 16.7. The summed E-state index contributed by atoms with van der Waals surface area (Å²) in [6.45, 7) is 1.99. The molecule has 0 unspecified atom stereocenters. The number of hydrogen-bond donors (Lipinski definition) is 3. The van der Waals surface area contributed by atoms with Gasteiger partial charge in [-0.25, -0.2) is 0 Å². The molecule has 0 saturated carbocycles. The molecule has 0 aliphatic rings. The average Bonchev–Trinajstić information content (AvgIpc) is 2.18. The van der Waals surface area contributed by atoms with Crippen molar-refractivity contribution in [1.29, 1.82) is 0 Å². The molecule has 86 valence electrons. The number of rotatable bonds is 6. The van der Waals surface area contributed by atoms with Gasteiger partial charge in [-0.15, -0.1) is 0 Å². The van der Waals surface area contributed by atoms with Crippen molar-refractivity contribution < 1.29 is 29.6 Å². The molecule has 0 bridgehead atoms. The van der Waals surface area contributed by atoms with Crippen LogP contribution in [0.4, 0.5) is 0 Å². The van der Waals surface area contributed by atoms with E-state index in [1.165, 1.54) is 6.92 Å². The number of hydrogen-bond acceptors (Lipinski definition) is 6. The first kappa shape index (κ1) is 15.8. The van der Waals surface area contributed by atoms with Crippen LogP contribution in [0.2, 0.25) is 0 Å². The second kappa shape index (κ2) is 14.8. The highest BCUT2D eigenvalue weighted by atomic mass is 16.6. The van der Waals surface area contributed by atoms with Gasteiger partial charge in [0, 0.05) is 6.92 Å². The molecule has 0 aromatic rings. The fourth-order valence-corrected chi connectivity index (χ4v) is 0.411. The maximum absolute atomic E-state index is 10.1. The Bertz CT molecular complexity index is 114. The SMILES string of the molecule is CC(=O)OCCOCCO.OCCO. The molecule has 0 atom stereocenters. The van der Waals surface area contributed by atoms with E-state index in [1.807, 2.05) is 0 Å². The van der Waals surface area contributed by atoms with Gasteiger partial charge in [0.05, 0.1) is 33.0 Å². The minimum absolute atomic E-state index is 0.0000709. The Morgan fingerprint density at radius 3 is 1.93 bits per heavy atom. The van der Waals surface area contributed by atoms with Gasteiger partial charge in [-0.05, 0) is 0 Å². The van der Waals surface area contributed by atoms with Crippen LogP contribution in [0.15, 0.2) is 0 Å². The summed E-state index contributed by atoms with van der Waals surface area (Å²) < 4.78 is 9.35. The van der Waals surface area contributed by atoms with Crippen LogP contribution in [0.3, 0.4) is 0 Å². The fourth-order valence-electron chi connectivity index (χ4n) is 0.411. The van der Waals surface area contributed by atoms with Crippen molar-refractivity contribution in [2.45, 2.75) is 6.92 Å². The summed E-state index contributed by atoms with van der Waals surface area (Å²) in [7, 11) is 0. The van der Waals surface area contributed by atoms with Gasteiger partial charge in [0.1, 0.15) is 6.61 Å². The Labute approximate surface area is 83.1 Å². The topological polar surface area (TPSA) is 96.2 Å². The van der Waals surface area contributed by atoms with Crippen molar-refractivity contribution in [3.05, 3.63) is 0 Å². The second-order valence-corrected chi connectivity index (χ2v) is 2.12. The number of aliphatic hydroxyl groups excluding tert-OH is 3. The van der Waals surface area contributed by atoms with Crippen LogP contribution < -0.4 is 0 Å². The number of esters is 1. The smallest absolute Gasteiger partial charge is 0.302 e. The molecule has 0 fully saturated rings. The first-order valence-corrected chi connectivity index (χ1v) is 4.22. The predicted octanol–water partition coefficient (Wildman–Crippen LogP) is -1.47. The predicted molar refractivity (Wildman–Crippen MR) is 48.7 cm³/mol. The minimum atomic E-state index is -0.312. The Morgan fingerprint density at radius 2 is 1.57 bits per heavy atom. The van der Waals surface area contributed by atoms with Crippen molar-refractivity contribution in [3.63, 3.8) is 0 Å². The lowest BCUT2D eigenvalue weighted by molar-refractivity contribution is -0.142. The van der Waals surface area contributed by atoms with Gasteiger partial charge in [0.25, 0.3) is 0 Å². The molecule has 0 radical (unpaired) electrons. The summed E-state index contributed by atoms with van der Waals surface area (Å²) in [6.07, 6.45) is 0. The summed E-state index contributed by atoms with van der Waals surface area (Å²) in [6, 6.07) is 0. The van der Waals surface area contributed by atoms with Gasteiger partial charge in [-0.3, -0.25) is 4.79 Å². The lowest BCUT2D eigenvalue weighted by Gasteiger charge is -2.01. The first-order valence-electron chi connectivity index (χ1n) is 4.22. The van der Waals surface area contributed by atoms with Gasteiger partial charge < -0.3 is 24.8 Å². The third-order valence-corrected chi connectivity index (χ3v) is 0.869. The van der Waals surface area contributed by atoms with E-state index in [0.717, 1.165) is 0 Å². The summed E-state index contributed by atoms with van der Waals surface area (Å²) >= 11 is 0. The third kappa shape index (κ3) is 22.5. The van der Waals surface area contributed by atoms with Crippen molar-refractivity contribution in [3.8, 4) is 0 Å². The molecule has 0 aliphatic heterocycles. The Morgan fingerprint density at radius 1 is 1.00 bits per heavy atom. The van der Waals surface area contributed by atoms with E-state index in [2.05, 4.69) is 4.74 Å². The minimum Gasteiger partial charge on any atom is -0.463 e. The van der Waals surface area contributed by atoms with Crippen LogP contribution in [0.1, 0.15) is 6.92 Å². The van der Waals surface area contributed by atoms with Crippen molar-refractivity contribution in [1.82, 2.24) is 0 Å². The zero-order chi connectivity index (χ0) is 11.2. The average molecular weight is 210 g/mol. The lowest BCUT2D eigenvalue weighted by Crippen LogP contribution is -2.09. The van der Waals surface area contributed by atoms with Gasteiger partial charge in [-0.2, -0.15) is 0 Å². The summed E-state index contributed by atoms with van der Waals surface area (Å²) in [5.74, 6) is -0.312. The first-order chi connectivity index (χ1) is 6.68. The molecule has 0 saturated heterocycles. The maximum Gasteiger partial charge on any atom is 0.302 e. The molecule has 6 nitrogen and oxygen atoms in total. The van der Waals surface area contributed by atoms with Crippen molar-refractivity contribution >= 4 is 5.97 Å². The van der Waals surface area contributed by atoms with Gasteiger partial charge in [0.15, 0.2) is 0 Å². The van der Waals surface area contributed by atoms with Crippen LogP contribution in [-0.2, 0) is 14.3 Å². The highest BCUT2D eigenvalue weighted by Gasteiger charge is 1.90. The maximum atomic E-state index is 10.1. The standard InChI is InChI=1S/C6H12O4.C2H6O2/c1-6(8)10-5-4-9-3-2-7;3-1-2-4/h7H,2-5H2,1H3;3-4H,1-2H2. The molecular weight excluding hydrogens is 192 g/mol. The van der Waals surface area contributed by atoms with E-state index < -0.39 is 0 Å². The summed E-state index contributed by atoms with van der Waals surface area (Å²) in [5, 5.41) is 23.5. The molecule has 0 aliphatic carbocycles. The van der Waals surface area contributed by atoms with Crippen LogP contribution >= 0.6 is 0 Å². The van der Waals surface area contributed by atoms with E-state index in [4.69, 9.17) is 20.1 Å². The monoisotopic (exact) mass is 210 g/mol. The quantitative estimate of drug-likeness (QED) is 0.366. The Balaban J connectivity index is 0. The highest BCUT2D eigenvalue weighted by molar-refractivity contribution is 5.65. The molecule has 0 amide bonds. The molecule has 14 heavy (non-hydrogen) atoms. The molecule has 0 heterocycles. The van der Waals surface area contributed by atoms with Crippen LogP contribution in [0.5, 0.6) is 0 Å². The van der Waals surface area contributed by atoms with Crippen LogP contribution in [0, 0.1) is 0 Å². The fraction of sp³-hybridized carbons (Fsp3) is 0.875. The molecule has 3 N–H and O–H groups in total. The zero-order valence-corrected chi connectivity index (χ0v) is 8.31. The zero-order valence-electron chi connectivity index (χ0n) is 8.31. The number of aliphatic hydroxyl groups is 3. The third-order valence-electron chi connectivity index (χ3n) is 0.869. The van der Waals surface area contributed by atoms with E-state index in [1.54, 1.807) is 0 Å². The molecule has 0 aromatic carbocycles. The van der Waals surface area contributed by atoms with Crippen LogP contribution in [0.25, 0.3) is 0 Å². The second-order valence-electron chi connectivity index (χ2n) is 2.12. The largest absolute Gasteiger partial charge is 0.463 e. The molecule has 6 heteroatoms. The number of carbonyl (C=O) groups is 1. The summed E-state index contributed by atoms with van der Waals surface area (Å²) in [4.78, 5) is 10.1. The number of carbonyl (C=O) groups excluding carboxylic acids is 1.